The van der Waals surface area contributed by atoms with Gasteiger partial charge < -0.3 is 4.74 Å². The second kappa shape index (κ2) is 5.73. The van der Waals surface area contributed by atoms with E-state index in [1.165, 1.54) is 31.2 Å². The predicted molar refractivity (Wildman–Crippen MR) is 74.0 cm³/mol. The molecular formula is C15H11F5N2O4. The van der Waals surface area contributed by atoms with Crippen LogP contribution in [0.1, 0.15) is 27.6 Å². The van der Waals surface area contributed by atoms with Crippen LogP contribution in [-0.2, 0) is 9.53 Å². The molecule has 2 heterocycles. The zero-order chi connectivity index (χ0) is 19.4. The van der Waals surface area contributed by atoms with E-state index in [0.717, 1.165) is 0 Å². The molecule has 2 aliphatic rings. The Morgan fingerprint density at radius 2 is 1.58 bits per heavy atom. The molecule has 0 spiro atoms. The van der Waals surface area contributed by atoms with Gasteiger partial charge in [0.05, 0.1) is 17.7 Å². The number of imide groups is 1. The Labute approximate surface area is 143 Å². The van der Waals surface area contributed by atoms with E-state index in [4.69, 9.17) is 0 Å². The molecule has 6 nitrogen and oxygen atoms in total. The summed E-state index contributed by atoms with van der Waals surface area (Å²) >= 11 is 0. The van der Waals surface area contributed by atoms with Crippen molar-refractivity contribution in [2.24, 2.45) is 0 Å². The number of amides is 2. The third-order valence-electron chi connectivity index (χ3n) is 4.06. The summed E-state index contributed by atoms with van der Waals surface area (Å²) in [5.41, 5.74) is -0.304. The topological polar surface area (TPSA) is 66.7 Å². The number of hydrogen-bond acceptors (Lipinski definition) is 5. The molecule has 2 aliphatic heterocycles. The summed E-state index contributed by atoms with van der Waals surface area (Å²) in [4.78, 5) is 36.5. The SMILES string of the molecule is CCOC(=O)[C@H]1[C@H](C(F)(F)C(F)(F)F)N1N1C(=O)c2ccccc2C1=O. The smallest absolute Gasteiger partial charge is 0.455 e. The maximum Gasteiger partial charge on any atom is 0.455 e. The van der Waals surface area contributed by atoms with E-state index in [2.05, 4.69) is 4.74 Å². The van der Waals surface area contributed by atoms with Gasteiger partial charge in [-0.2, -0.15) is 27.0 Å². The highest BCUT2D eigenvalue weighted by atomic mass is 19.4. The number of halogens is 5. The maximum absolute atomic E-state index is 13.8. The molecule has 26 heavy (non-hydrogen) atoms. The van der Waals surface area contributed by atoms with Crippen LogP contribution in [0.5, 0.6) is 0 Å². The van der Waals surface area contributed by atoms with E-state index < -0.39 is 42.0 Å². The molecule has 2 amide bonds. The van der Waals surface area contributed by atoms with Crippen LogP contribution in [0.3, 0.4) is 0 Å². The lowest BCUT2D eigenvalue weighted by atomic mass is 10.1. The lowest BCUT2D eigenvalue weighted by Crippen LogP contribution is -2.46. The molecule has 140 valence electrons. The molecule has 0 bridgehead atoms. The molecule has 0 N–H and O–H groups in total. The Morgan fingerprint density at radius 1 is 1.08 bits per heavy atom. The highest BCUT2D eigenvalue weighted by Gasteiger charge is 2.78. The molecule has 0 aliphatic carbocycles. The number of alkyl halides is 5. The van der Waals surface area contributed by atoms with Gasteiger partial charge in [0.15, 0.2) is 6.04 Å². The fraction of sp³-hybridized carbons (Fsp3) is 0.400. The minimum Gasteiger partial charge on any atom is -0.465 e. The van der Waals surface area contributed by atoms with Gasteiger partial charge in [0, 0.05) is 0 Å². The molecule has 1 aromatic carbocycles. The van der Waals surface area contributed by atoms with E-state index in [0.29, 0.717) is 0 Å². The van der Waals surface area contributed by atoms with Crippen LogP contribution in [0.4, 0.5) is 22.0 Å². The number of fused-ring (bicyclic) bond motifs is 1. The Morgan fingerprint density at radius 3 is 2.00 bits per heavy atom. The van der Waals surface area contributed by atoms with Crippen molar-refractivity contribution in [3.8, 4) is 0 Å². The summed E-state index contributed by atoms with van der Waals surface area (Å²) in [5, 5.41) is 0.284. The van der Waals surface area contributed by atoms with Gasteiger partial charge >= 0.3 is 18.1 Å². The quantitative estimate of drug-likeness (QED) is 0.347. The van der Waals surface area contributed by atoms with Gasteiger partial charge in [0.25, 0.3) is 11.8 Å². The molecule has 1 fully saturated rings. The van der Waals surface area contributed by atoms with Crippen molar-refractivity contribution in [1.29, 1.82) is 0 Å². The second-order valence-corrected chi connectivity index (χ2v) is 5.61. The molecule has 1 aromatic rings. The van der Waals surface area contributed by atoms with Gasteiger partial charge in [-0.1, -0.05) is 12.1 Å². The first-order chi connectivity index (χ1) is 12.0. The highest BCUT2D eigenvalue weighted by molar-refractivity contribution is 6.21. The monoisotopic (exact) mass is 378 g/mol. The summed E-state index contributed by atoms with van der Waals surface area (Å²) in [7, 11) is 0. The first-order valence-electron chi connectivity index (χ1n) is 7.41. The number of carbonyl (C=O) groups is 3. The van der Waals surface area contributed by atoms with E-state index in [1.807, 2.05) is 0 Å². The Balaban J connectivity index is 1.99. The molecule has 1 unspecified atom stereocenters. The number of hydrogen-bond donors (Lipinski definition) is 0. The van der Waals surface area contributed by atoms with E-state index >= 15 is 0 Å². The number of esters is 1. The molecule has 0 radical (unpaired) electrons. The number of nitrogens with zero attached hydrogens (tertiary/aromatic N) is 2. The summed E-state index contributed by atoms with van der Waals surface area (Å²) in [6.07, 6.45) is -5.98. The van der Waals surface area contributed by atoms with Crippen LogP contribution >= 0.6 is 0 Å². The van der Waals surface area contributed by atoms with Crippen molar-refractivity contribution in [1.82, 2.24) is 10.0 Å². The number of carbonyl (C=O) groups excluding carboxylic acids is 3. The van der Waals surface area contributed by atoms with Crippen LogP contribution in [0.15, 0.2) is 24.3 Å². The zero-order valence-electron chi connectivity index (χ0n) is 13.1. The maximum atomic E-state index is 13.8. The third-order valence-corrected chi connectivity index (χ3v) is 4.06. The molecule has 3 rings (SSSR count). The van der Waals surface area contributed by atoms with Gasteiger partial charge in [-0.25, -0.2) is 5.01 Å². The lowest BCUT2D eigenvalue weighted by Gasteiger charge is -2.21. The van der Waals surface area contributed by atoms with Crippen LogP contribution in [0.25, 0.3) is 0 Å². The van der Waals surface area contributed by atoms with Crippen molar-refractivity contribution in [3.63, 3.8) is 0 Å². The third kappa shape index (κ3) is 2.45. The van der Waals surface area contributed by atoms with Gasteiger partial charge in [-0.05, 0) is 19.1 Å². The Hall–Kier alpha value is -2.56. The second-order valence-electron chi connectivity index (χ2n) is 5.61. The highest BCUT2D eigenvalue weighted by Crippen LogP contribution is 2.51. The molecule has 0 aromatic heterocycles. The van der Waals surface area contributed by atoms with Crippen molar-refractivity contribution in [2.75, 3.05) is 6.61 Å². The zero-order valence-corrected chi connectivity index (χ0v) is 13.1. The van der Waals surface area contributed by atoms with Crippen molar-refractivity contribution < 1.29 is 41.1 Å². The number of ether oxygens (including phenoxy) is 1. The summed E-state index contributed by atoms with van der Waals surface area (Å²) in [5.74, 6) is -8.88. The predicted octanol–water partition coefficient (Wildman–Crippen LogP) is 2.01. The van der Waals surface area contributed by atoms with Crippen LogP contribution in [0.2, 0.25) is 0 Å². The van der Waals surface area contributed by atoms with Crippen molar-refractivity contribution in [3.05, 3.63) is 35.4 Å². The van der Waals surface area contributed by atoms with Crippen LogP contribution in [0, 0.1) is 0 Å². The number of hydrazine groups is 1. The average molecular weight is 378 g/mol. The molecule has 3 atom stereocenters. The summed E-state index contributed by atoms with van der Waals surface area (Å²) in [6.45, 7) is 1.07. The van der Waals surface area contributed by atoms with E-state index in [-0.39, 0.29) is 27.8 Å². The fourth-order valence-electron chi connectivity index (χ4n) is 2.85. The van der Waals surface area contributed by atoms with Crippen molar-refractivity contribution >= 4 is 17.8 Å². The van der Waals surface area contributed by atoms with E-state index in [9.17, 15) is 36.3 Å². The minimum atomic E-state index is -5.98. The van der Waals surface area contributed by atoms with Gasteiger partial charge in [-0.15, -0.1) is 0 Å². The lowest BCUT2D eigenvalue weighted by molar-refractivity contribution is -0.286. The van der Waals surface area contributed by atoms with Crippen LogP contribution in [-0.4, -0.2) is 58.6 Å². The normalized spacial score (nSPS) is 25.3. The minimum absolute atomic E-state index is 0.135. The number of rotatable bonds is 4. The van der Waals surface area contributed by atoms with Gasteiger partial charge in [0.2, 0.25) is 0 Å². The molecule has 1 saturated heterocycles. The van der Waals surface area contributed by atoms with Gasteiger partial charge in [-0.3, -0.25) is 14.4 Å². The first-order valence-corrected chi connectivity index (χ1v) is 7.41. The van der Waals surface area contributed by atoms with E-state index in [1.54, 1.807) is 0 Å². The molecule has 0 saturated carbocycles. The fourth-order valence-corrected chi connectivity index (χ4v) is 2.85. The molecule has 11 heteroatoms. The van der Waals surface area contributed by atoms with Crippen molar-refractivity contribution in [2.45, 2.75) is 31.1 Å². The number of benzene rings is 1. The standard InChI is InChI=1S/C15H11F5N2O4/c1-2-26-13(25)9-10(14(16,17)15(18,19)20)21(9)22-11(23)7-5-3-4-6-8(7)12(22)24/h3-6,9-10H,2H2,1H3/t9-,10-,21?/m1/s1. The Bertz CT molecular complexity index is 759. The first kappa shape index (κ1) is 18.2. The average Bonchev–Trinajstić information content (AvgIpc) is 3.24. The summed E-state index contributed by atoms with van der Waals surface area (Å²) < 4.78 is 70.4. The Kier molecular flexibility index (Phi) is 4.02. The van der Waals surface area contributed by atoms with Crippen LogP contribution < -0.4 is 0 Å². The largest absolute Gasteiger partial charge is 0.465 e. The van der Waals surface area contributed by atoms with Gasteiger partial charge in [0.1, 0.15) is 6.04 Å². The summed E-state index contributed by atoms with van der Waals surface area (Å²) in [6, 6.07) is 0.420. The molecular weight excluding hydrogens is 367 g/mol.